The largest absolute Gasteiger partial charge is 0.481 e. The van der Waals surface area contributed by atoms with E-state index in [1.165, 1.54) is 0 Å². The number of carbonyl (C=O) groups excluding carboxylic acids is 2. The topological polar surface area (TPSA) is 58.6 Å². The molecule has 1 saturated heterocycles. The van der Waals surface area contributed by atoms with Crippen molar-refractivity contribution in [1.29, 1.82) is 0 Å². The van der Waals surface area contributed by atoms with Gasteiger partial charge in [-0.15, -0.1) is 0 Å². The average Bonchev–Trinajstić information content (AvgIpc) is 2.92. The van der Waals surface area contributed by atoms with E-state index in [4.69, 9.17) is 16.3 Å². The van der Waals surface area contributed by atoms with E-state index < -0.39 is 6.10 Å². The molecule has 126 valence electrons. The smallest absolute Gasteiger partial charge is 0.260 e. The highest BCUT2D eigenvalue weighted by molar-refractivity contribution is 6.31. The third-order valence-corrected chi connectivity index (χ3v) is 4.31. The highest BCUT2D eigenvalue weighted by Gasteiger charge is 2.19. The summed E-state index contributed by atoms with van der Waals surface area (Å²) in [7, 11) is 0. The third kappa shape index (κ3) is 5.13. The van der Waals surface area contributed by atoms with Crippen LogP contribution in [0.25, 0.3) is 0 Å². The van der Waals surface area contributed by atoms with Crippen LogP contribution < -0.4 is 10.1 Å². The molecule has 1 heterocycles. The molecule has 6 heteroatoms. The van der Waals surface area contributed by atoms with E-state index in [1.54, 1.807) is 19.1 Å². The molecule has 2 rings (SSSR count). The first-order chi connectivity index (χ1) is 11.0. The average molecular weight is 339 g/mol. The summed E-state index contributed by atoms with van der Waals surface area (Å²) >= 11 is 5.97. The molecule has 0 aliphatic carbocycles. The molecule has 1 atom stereocenters. The Morgan fingerprint density at radius 3 is 2.91 bits per heavy atom. The Bertz CT molecular complexity index is 577. The van der Waals surface area contributed by atoms with E-state index in [2.05, 4.69) is 5.32 Å². The first kappa shape index (κ1) is 17.6. The van der Waals surface area contributed by atoms with Gasteiger partial charge in [-0.3, -0.25) is 9.59 Å². The second-order valence-corrected chi connectivity index (χ2v) is 6.21. The van der Waals surface area contributed by atoms with Crippen LogP contribution >= 0.6 is 11.6 Å². The summed E-state index contributed by atoms with van der Waals surface area (Å²) in [5.74, 6) is 0.675. The van der Waals surface area contributed by atoms with Gasteiger partial charge in [-0.2, -0.15) is 0 Å². The number of nitrogens with zero attached hydrogens (tertiary/aromatic N) is 1. The van der Waals surface area contributed by atoms with E-state index in [9.17, 15) is 9.59 Å². The number of carbonyl (C=O) groups is 2. The van der Waals surface area contributed by atoms with Crippen LogP contribution in [0.3, 0.4) is 0 Å². The van der Waals surface area contributed by atoms with Gasteiger partial charge in [0.1, 0.15) is 5.75 Å². The fourth-order valence-corrected chi connectivity index (χ4v) is 2.63. The SMILES string of the molecule is Cc1cc(OC(C)C(=O)NCCCN2CCCC2=O)ccc1Cl. The van der Waals surface area contributed by atoms with Crippen LogP contribution in [0.15, 0.2) is 18.2 Å². The van der Waals surface area contributed by atoms with E-state index in [0.717, 1.165) is 24.9 Å². The number of aryl methyl sites for hydroxylation is 1. The van der Waals surface area contributed by atoms with Crippen molar-refractivity contribution in [3.05, 3.63) is 28.8 Å². The summed E-state index contributed by atoms with van der Waals surface area (Å²) in [4.78, 5) is 25.3. The highest BCUT2D eigenvalue weighted by Crippen LogP contribution is 2.21. The number of halogens is 1. The van der Waals surface area contributed by atoms with Crippen LogP contribution in [0.4, 0.5) is 0 Å². The Morgan fingerprint density at radius 2 is 2.26 bits per heavy atom. The molecule has 0 spiro atoms. The predicted octanol–water partition coefficient (Wildman–Crippen LogP) is 2.54. The van der Waals surface area contributed by atoms with Crippen LogP contribution in [-0.2, 0) is 9.59 Å². The third-order valence-electron chi connectivity index (χ3n) is 3.89. The lowest BCUT2D eigenvalue weighted by Gasteiger charge is -2.17. The van der Waals surface area contributed by atoms with Crippen molar-refractivity contribution >= 4 is 23.4 Å². The summed E-state index contributed by atoms with van der Waals surface area (Å²) in [6, 6.07) is 5.31. The Hall–Kier alpha value is -1.75. The number of hydrogen-bond donors (Lipinski definition) is 1. The van der Waals surface area contributed by atoms with Crippen LogP contribution in [0, 0.1) is 6.92 Å². The van der Waals surface area contributed by atoms with Crippen LogP contribution in [0.1, 0.15) is 31.7 Å². The van der Waals surface area contributed by atoms with Crippen LogP contribution in [0.5, 0.6) is 5.75 Å². The summed E-state index contributed by atoms with van der Waals surface area (Å²) in [6.45, 7) is 5.67. The molecule has 1 aliphatic heterocycles. The van der Waals surface area contributed by atoms with Gasteiger partial charge in [-0.1, -0.05) is 11.6 Å². The number of amides is 2. The van der Waals surface area contributed by atoms with Gasteiger partial charge in [0.15, 0.2) is 6.10 Å². The molecule has 1 fully saturated rings. The van der Waals surface area contributed by atoms with E-state index >= 15 is 0 Å². The first-order valence-electron chi connectivity index (χ1n) is 7.95. The Kier molecular flexibility index (Phi) is 6.28. The summed E-state index contributed by atoms with van der Waals surface area (Å²) in [6.07, 6.45) is 1.77. The second kappa shape index (κ2) is 8.20. The van der Waals surface area contributed by atoms with E-state index in [1.807, 2.05) is 17.9 Å². The number of rotatable bonds is 7. The molecule has 0 saturated carbocycles. The minimum absolute atomic E-state index is 0.162. The molecule has 1 N–H and O–H groups in total. The van der Waals surface area contributed by atoms with E-state index in [-0.39, 0.29) is 11.8 Å². The summed E-state index contributed by atoms with van der Waals surface area (Å²) in [5, 5.41) is 3.51. The Morgan fingerprint density at radius 1 is 1.48 bits per heavy atom. The molecule has 0 aromatic heterocycles. The molecule has 1 aliphatic rings. The van der Waals surface area contributed by atoms with Gasteiger partial charge in [0.05, 0.1) is 0 Å². The molecule has 1 aromatic rings. The van der Waals surface area contributed by atoms with Crippen molar-refractivity contribution in [2.75, 3.05) is 19.6 Å². The standard InChI is InChI=1S/C17H23ClN2O3/c1-12-11-14(6-7-15(12)18)23-13(2)17(22)19-8-4-10-20-9-3-5-16(20)21/h6-7,11,13H,3-5,8-10H2,1-2H3,(H,19,22). The zero-order valence-electron chi connectivity index (χ0n) is 13.6. The first-order valence-corrected chi connectivity index (χ1v) is 8.33. The molecular formula is C17H23ClN2O3. The van der Waals surface area contributed by atoms with Crippen molar-refractivity contribution in [2.45, 2.75) is 39.2 Å². The maximum atomic E-state index is 12.0. The van der Waals surface area contributed by atoms with Crippen molar-refractivity contribution < 1.29 is 14.3 Å². The van der Waals surface area contributed by atoms with Crippen molar-refractivity contribution in [3.63, 3.8) is 0 Å². The molecule has 1 aromatic carbocycles. The molecule has 23 heavy (non-hydrogen) atoms. The normalized spacial score (nSPS) is 15.6. The zero-order valence-corrected chi connectivity index (χ0v) is 14.4. The molecule has 1 unspecified atom stereocenters. The van der Waals surface area contributed by atoms with Crippen LogP contribution in [-0.4, -0.2) is 42.5 Å². The Balaban J connectivity index is 1.70. The maximum Gasteiger partial charge on any atom is 0.260 e. The summed E-state index contributed by atoms with van der Waals surface area (Å²) < 4.78 is 5.62. The molecule has 2 amide bonds. The molecule has 0 bridgehead atoms. The zero-order chi connectivity index (χ0) is 16.8. The minimum atomic E-state index is -0.580. The van der Waals surface area contributed by atoms with Gasteiger partial charge >= 0.3 is 0 Å². The van der Waals surface area contributed by atoms with Crippen molar-refractivity contribution in [3.8, 4) is 5.75 Å². The highest BCUT2D eigenvalue weighted by atomic mass is 35.5. The lowest BCUT2D eigenvalue weighted by molar-refractivity contribution is -0.127. The number of hydrogen-bond acceptors (Lipinski definition) is 3. The van der Waals surface area contributed by atoms with Crippen LogP contribution in [0.2, 0.25) is 5.02 Å². The lowest BCUT2D eigenvalue weighted by Crippen LogP contribution is -2.38. The number of likely N-dealkylation sites (tertiary alicyclic amines) is 1. The van der Waals surface area contributed by atoms with Gasteiger partial charge in [0.2, 0.25) is 5.91 Å². The molecule has 0 radical (unpaired) electrons. The van der Waals surface area contributed by atoms with E-state index in [0.29, 0.717) is 30.3 Å². The van der Waals surface area contributed by atoms with Gasteiger partial charge in [-0.05, 0) is 50.5 Å². The van der Waals surface area contributed by atoms with Crippen molar-refractivity contribution in [1.82, 2.24) is 10.2 Å². The van der Waals surface area contributed by atoms with Gasteiger partial charge in [0.25, 0.3) is 5.91 Å². The number of ether oxygens (including phenoxy) is 1. The second-order valence-electron chi connectivity index (χ2n) is 5.80. The molecule has 5 nitrogen and oxygen atoms in total. The minimum Gasteiger partial charge on any atom is -0.481 e. The fourth-order valence-electron chi connectivity index (χ4n) is 2.51. The maximum absolute atomic E-state index is 12.0. The van der Waals surface area contributed by atoms with Gasteiger partial charge in [-0.25, -0.2) is 0 Å². The number of nitrogens with one attached hydrogen (secondary N) is 1. The fraction of sp³-hybridized carbons (Fsp3) is 0.529. The van der Waals surface area contributed by atoms with Gasteiger partial charge < -0.3 is 15.0 Å². The van der Waals surface area contributed by atoms with Crippen molar-refractivity contribution in [2.24, 2.45) is 0 Å². The summed E-state index contributed by atoms with van der Waals surface area (Å²) in [5.41, 5.74) is 0.909. The monoisotopic (exact) mass is 338 g/mol. The number of benzene rings is 1. The molecular weight excluding hydrogens is 316 g/mol. The quantitative estimate of drug-likeness (QED) is 0.777. The Labute approximate surface area is 141 Å². The predicted molar refractivity (Wildman–Crippen MR) is 89.7 cm³/mol. The van der Waals surface area contributed by atoms with Gasteiger partial charge in [0, 0.05) is 31.1 Å². The lowest BCUT2D eigenvalue weighted by atomic mass is 10.2.